The average Bonchev–Trinajstić information content (AvgIpc) is 2.87. The van der Waals surface area contributed by atoms with Gasteiger partial charge in [0.1, 0.15) is 5.82 Å². The number of aromatic nitrogens is 4. The van der Waals surface area contributed by atoms with Crippen molar-refractivity contribution in [1.82, 2.24) is 25.1 Å². The number of nitrogens with zero attached hydrogens (tertiary/aromatic N) is 3. The molecular formula is C11H17N5. The molecule has 0 amide bonds. The van der Waals surface area contributed by atoms with Gasteiger partial charge in [0.2, 0.25) is 0 Å². The van der Waals surface area contributed by atoms with E-state index in [4.69, 9.17) is 0 Å². The molecule has 0 spiro atoms. The predicted molar refractivity (Wildman–Crippen MR) is 62.8 cm³/mol. The van der Waals surface area contributed by atoms with Crippen LogP contribution in [0.1, 0.15) is 19.0 Å². The standard InChI is InChI=1S/C11H17N5/c1-3-4-12-6-10-7-13-11(15-10)9-5-14-16(2)8-9/h5,7-8,12H,3-4,6H2,1-2H3,(H,13,15). The van der Waals surface area contributed by atoms with Gasteiger partial charge in [-0.3, -0.25) is 4.68 Å². The summed E-state index contributed by atoms with van der Waals surface area (Å²) in [5.74, 6) is 0.876. The van der Waals surface area contributed by atoms with Crippen molar-refractivity contribution in [2.24, 2.45) is 7.05 Å². The fourth-order valence-electron chi connectivity index (χ4n) is 1.54. The molecule has 0 aliphatic heterocycles. The van der Waals surface area contributed by atoms with Gasteiger partial charge in [0.15, 0.2) is 0 Å². The number of hydrogen-bond donors (Lipinski definition) is 2. The molecule has 2 N–H and O–H groups in total. The van der Waals surface area contributed by atoms with E-state index in [1.165, 1.54) is 0 Å². The molecule has 0 saturated heterocycles. The molecule has 0 bridgehead atoms. The first kappa shape index (κ1) is 10.9. The fourth-order valence-corrected chi connectivity index (χ4v) is 1.54. The summed E-state index contributed by atoms with van der Waals surface area (Å²) in [5.41, 5.74) is 2.12. The lowest BCUT2D eigenvalue weighted by molar-refractivity contribution is 0.667. The molecule has 16 heavy (non-hydrogen) atoms. The number of imidazole rings is 1. The Bertz CT molecular complexity index is 443. The molecule has 86 valence electrons. The zero-order valence-electron chi connectivity index (χ0n) is 9.70. The van der Waals surface area contributed by atoms with Crippen LogP contribution in [0.2, 0.25) is 0 Å². The third kappa shape index (κ3) is 2.49. The Morgan fingerprint density at radius 2 is 2.31 bits per heavy atom. The molecule has 0 aromatic carbocycles. The van der Waals surface area contributed by atoms with Crippen LogP contribution >= 0.6 is 0 Å². The Hall–Kier alpha value is -1.62. The van der Waals surface area contributed by atoms with E-state index in [1.54, 1.807) is 4.68 Å². The molecule has 0 radical (unpaired) electrons. The van der Waals surface area contributed by atoms with Crippen LogP contribution < -0.4 is 5.32 Å². The van der Waals surface area contributed by atoms with Crippen LogP contribution in [0.3, 0.4) is 0 Å². The third-order valence-electron chi connectivity index (χ3n) is 2.35. The molecule has 0 aliphatic rings. The predicted octanol–water partition coefficient (Wildman–Crippen LogP) is 1.31. The van der Waals surface area contributed by atoms with Crippen LogP contribution in [-0.4, -0.2) is 26.3 Å². The van der Waals surface area contributed by atoms with Crippen molar-refractivity contribution in [2.75, 3.05) is 6.54 Å². The normalized spacial score (nSPS) is 10.9. The molecule has 2 heterocycles. The van der Waals surface area contributed by atoms with Crippen molar-refractivity contribution in [2.45, 2.75) is 19.9 Å². The van der Waals surface area contributed by atoms with E-state index in [1.807, 2.05) is 25.6 Å². The number of hydrogen-bond acceptors (Lipinski definition) is 3. The second kappa shape index (κ2) is 4.94. The van der Waals surface area contributed by atoms with E-state index < -0.39 is 0 Å². The second-order valence-electron chi connectivity index (χ2n) is 3.84. The molecule has 0 saturated carbocycles. The van der Waals surface area contributed by atoms with Gasteiger partial charge in [0.05, 0.1) is 11.8 Å². The average molecular weight is 219 g/mol. The maximum absolute atomic E-state index is 4.33. The number of aryl methyl sites for hydroxylation is 1. The second-order valence-corrected chi connectivity index (χ2v) is 3.84. The highest BCUT2D eigenvalue weighted by atomic mass is 15.2. The summed E-state index contributed by atoms with van der Waals surface area (Å²) in [6.45, 7) is 4.02. The summed E-state index contributed by atoms with van der Waals surface area (Å²) in [6.07, 6.45) is 6.76. The fraction of sp³-hybridized carbons (Fsp3) is 0.455. The summed E-state index contributed by atoms with van der Waals surface area (Å²) >= 11 is 0. The lowest BCUT2D eigenvalue weighted by Gasteiger charge is -1.98. The first-order valence-corrected chi connectivity index (χ1v) is 5.53. The Morgan fingerprint density at radius 1 is 1.44 bits per heavy atom. The van der Waals surface area contributed by atoms with Gasteiger partial charge in [-0.25, -0.2) is 4.98 Å². The van der Waals surface area contributed by atoms with E-state index >= 15 is 0 Å². The zero-order chi connectivity index (χ0) is 11.4. The molecule has 2 aromatic heterocycles. The van der Waals surface area contributed by atoms with E-state index in [-0.39, 0.29) is 0 Å². The summed E-state index contributed by atoms with van der Waals surface area (Å²) < 4.78 is 1.77. The minimum absolute atomic E-state index is 0.834. The molecule has 2 aromatic rings. The molecular weight excluding hydrogens is 202 g/mol. The Kier molecular flexibility index (Phi) is 3.36. The summed E-state index contributed by atoms with van der Waals surface area (Å²) in [4.78, 5) is 7.60. The van der Waals surface area contributed by atoms with Gasteiger partial charge < -0.3 is 10.3 Å². The van der Waals surface area contributed by atoms with Crippen molar-refractivity contribution < 1.29 is 0 Å². The topological polar surface area (TPSA) is 58.5 Å². The summed E-state index contributed by atoms with van der Waals surface area (Å²) in [7, 11) is 1.90. The van der Waals surface area contributed by atoms with Gasteiger partial charge in [0.25, 0.3) is 0 Å². The minimum Gasteiger partial charge on any atom is -0.341 e. The van der Waals surface area contributed by atoms with Crippen LogP contribution in [0.5, 0.6) is 0 Å². The van der Waals surface area contributed by atoms with Crippen LogP contribution in [0, 0.1) is 0 Å². The van der Waals surface area contributed by atoms with E-state index in [2.05, 4.69) is 27.3 Å². The van der Waals surface area contributed by atoms with Gasteiger partial charge in [0, 0.05) is 31.7 Å². The van der Waals surface area contributed by atoms with Crippen LogP contribution in [0.25, 0.3) is 11.4 Å². The summed E-state index contributed by atoms with van der Waals surface area (Å²) in [5, 5.41) is 7.45. The van der Waals surface area contributed by atoms with Gasteiger partial charge in [-0.05, 0) is 13.0 Å². The summed E-state index contributed by atoms with van der Waals surface area (Å²) in [6, 6.07) is 0. The lowest BCUT2D eigenvalue weighted by atomic mass is 10.3. The Labute approximate surface area is 94.9 Å². The van der Waals surface area contributed by atoms with E-state index in [0.717, 1.165) is 36.6 Å². The Balaban J connectivity index is 2.02. The third-order valence-corrected chi connectivity index (χ3v) is 2.35. The monoisotopic (exact) mass is 219 g/mol. The van der Waals surface area contributed by atoms with Crippen molar-refractivity contribution in [3.05, 3.63) is 24.3 Å². The van der Waals surface area contributed by atoms with Gasteiger partial charge >= 0.3 is 0 Å². The maximum Gasteiger partial charge on any atom is 0.140 e. The number of nitrogens with one attached hydrogen (secondary N) is 2. The van der Waals surface area contributed by atoms with E-state index in [9.17, 15) is 0 Å². The highest BCUT2D eigenvalue weighted by molar-refractivity contribution is 5.52. The van der Waals surface area contributed by atoms with Crippen LogP contribution in [0.15, 0.2) is 18.6 Å². The minimum atomic E-state index is 0.834. The maximum atomic E-state index is 4.33. The smallest absolute Gasteiger partial charge is 0.140 e. The molecule has 0 unspecified atom stereocenters. The molecule has 0 atom stereocenters. The first-order chi connectivity index (χ1) is 7.79. The van der Waals surface area contributed by atoms with E-state index in [0.29, 0.717) is 0 Å². The van der Waals surface area contributed by atoms with Crippen molar-refractivity contribution in [3.63, 3.8) is 0 Å². The highest BCUT2D eigenvalue weighted by Gasteiger charge is 2.04. The first-order valence-electron chi connectivity index (χ1n) is 5.53. The molecule has 5 heteroatoms. The van der Waals surface area contributed by atoms with Crippen LogP contribution in [0.4, 0.5) is 0 Å². The number of aromatic amines is 1. The van der Waals surface area contributed by atoms with Crippen molar-refractivity contribution >= 4 is 0 Å². The number of H-pyrrole nitrogens is 1. The Morgan fingerprint density at radius 3 is 3.00 bits per heavy atom. The number of rotatable bonds is 5. The quantitative estimate of drug-likeness (QED) is 0.745. The van der Waals surface area contributed by atoms with Gasteiger partial charge in [-0.15, -0.1) is 0 Å². The zero-order valence-corrected chi connectivity index (χ0v) is 9.70. The van der Waals surface area contributed by atoms with Gasteiger partial charge in [-0.1, -0.05) is 6.92 Å². The molecule has 2 rings (SSSR count). The SMILES string of the molecule is CCCNCc1cnc(-c2cnn(C)c2)[nH]1. The largest absolute Gasteiger partial charge is 0.341 e. The van der Waals surface area contributed by atoms with Crippen molar-refractivity contribution in [3.8, 4) is 11.4 Å². The van der Waals surface area contributed by atoms with Crippen molar-refractivity contribution in [1.29, 1.82) is 0 Å². The molecule has 5 nitrogen and oxygen atoms in total. The van der Waals surface area contributed by atoms with Crippen LogP contribution in [-0.2, 0) is 13.6 Å². The highest BCUT2D eigenvalue weighted by Crippen LogP contribution is 2.13. The lowest BCUT2D eigenvalue weighted by Crippen LogP contribution is -2.13. The molecule has 0 aliphatic carbocycles. The van der Waals surface area contributed by atoms with Gasteiger partial charge in [-0.2, -0.15) is 5.10 Å². The molecule has 0 fully saturated rings.